The molecular weight excluding hydrogens is 320 g/mol. The minimum absolute atomic E-state index is 1.62. The van der Waals surface area contributed by atoms with Crippen LogP contribution in [-0.2, 0) is 24.4 Å². The van der Waals surface area contributed by atoms with Gasteiger partial charge in [0, 0.05) is 0 Å². The van der Waals surface area contributed by atoms with Crippen molar-refractivity contribution in [2.75, 3.05) is 0 Å². The van der Waals surface area contributed by atoms with Gasteiger partial charge in [0.15, 0.2) is 0 Å². The van der Waals surface area contributed by atoms with Crippen molar-refractivity contribution in [2.24, 2.45) is 0 Å². The maximum atomic E-state index is 9.44. The molecule has 0 atom stereocenters. The highest BCUT2D eigenvalue weighted by molar-refractivity contribution is 7.94. The van der Waals surface area contributed by atoms with Crippen LogP contribution in [-0.4, -0.2) is 25.9 Å². The van der Waals surface area contributed by atoms with Crippen molar-refractivity contribution in [3.63, 3.8) is 0 Å². The number of hydrogen-bond donors (Lipinski definition) is 2. The molecule has 0 bridgehead atoms. The van der Waals surface area contributed by atoms with Crippen LogP contribution in [0.2, 0.25) is 0 Å². The zero-order chi connectivity index (χ0) is 14.8. The lowest BCUT2D eigenvalue weighted by atomic mass is 10.7. The van der Waals surface area contributed by atoms with Gasteiger partial charge >= 0.3 is 20.8 Å². The van der Waals surface area contributed by atoms with Crippen molar-refractivity contribution < 1.29 is 34.0 Å². The lowest BCUT2D eigenvalue weighted by Crippen LogP contribution is -2.10. The van der Waals surface area contributed by atoms with E-state index in [0.29, 0.717) is 0 Å². The monoisotopic (exact) mass is 330 g/mol. The molecule has 2 N–H and O–H groups in total. The molecule has 2 rings (SSSR count). The molecule has 0 aliphatic rings. The molecule has 0 saturated heterocycles. The van der Waals surface area contributed by atoms with E-state index in [0.717, 1.165) is 0 Å². The van der Waals surface area contributed by atoms with Gasteiger partial charge in [0.2, 0.25) is 0 Å². The molecular formula is C8H10O8S3. The number of furan rings is 1. The second-order valence-electron chi connectivity index (χ2n) is 2.51. The van der Waals surface area contributed by atoms with Crippen LogP contribution in [0.25, 0.3) is 0 Å². The van der Waals surface area contributed by atoms with Crippen LogP contribution < -0.4 is 0 Å². The van der Waals surface area contributed by atoms with Crippen LogP contribution in [0, 0.1) is 0 Å². The first-order chi connectivity index (χ1) is 8.71. The van der Waals surface area contributed by atoms with Gasteiger partial charge in [-0.25, -0.2) is 0 Å². The Morgan fingerprint density at radius 3 is 1.37 bits per heavy atom. The smallest absolute Gasteiger partial charge is 0.413 e. The summed E-state index contributed by atoms with van der Waals surface area (Å²) in [5, 5.41) is 4.08. The van der Waals surface area contributed by atoms with E-state index in [2.05, 4.69) is 8.05 Å². The summed E-state index contributed by atoms with van der Waals surface area (Å²) >= 11 is 1.71. The predicted molar refractivity (Wildman–Crippen MR) is 67.2 cm³/mol. The van der Waals surface area contributed by atoms with E-state index in [-0.39, 0.29) is 0 Å². The van der Waals surface area contributed by atoms with E-state index in [4.69, 9.17) is 9.11 Å². The van der Waals surface area contributed by atoms with E-state index < -0.39 is 20.8 Å². The van der Waals surface area contributed by atoms with Gasteiger partial charge in [0.05, 0.1) is 12.5 Å². The van der Waals surface area contributed by atoms with Crippen molar-refractivity contribution in [3.05, 3.63) is 47.6 Å². The maximum absolute atomic E-state index is 9.44. The van der Waals surface area contributed by atoms with Gasteiger partial charge < -0.3 is 4.42 Å². The Bertz CT molecular complexity index is 506. The number of rotatable bonds is 2. The average molecular weight is 330 g/mol. The molecule has 0 saturated carbocycles. The van der Waals surface area contributed by atoms with Crippen LogP contribution in [0.3, 0.4) is 0 Å². The molecule has 0 aromatic carbocycles. The molecule has 2 heterocycles. The molecule has 0 aliphatic heterocycles. The molecule has 2 aromatic heterocycles. The Balaban J connectivity index is 0.000000273. The summed E-state index contributed by atoms with van der Waals surface area (Å²) in [7, 11) is -10.2. The Kier molecular flexibility index (Phi) is 8.22. The summed E-state index contributed by atoms with van der Waals surface area (Å²) in [6.45, 7) is 0. The topological polar surface area (TPSA) is 131 Å². The van der Waals surface area contributed by atoms with Gasteiger partial charge in [-0.05, 0) is 22.9 Å². The highest BCUT2D eigenvalue weighted by Crippen LogP contribution is 1.92. The van der Waals surface area contributed by atoms with Crippen molar-refractivity contribution >= 4 is 32.1 Å². The maximum Gasteiger partial charge on any atom is 0.413 e. The summed E-state index contributed by atoms with van der Waals surface area (Å²) in [5.41, 5.74) is 0. The van der Waals surface area contributed by atoms with Crippen molar-refractivity contribution in [2.45, 2.75) is 0 Å². The van der Waals surface area contributed by atoms with Gasteiger partial charge in [-0.15, -0.1) is 3.63 Å². The van der Waals surface area contributed by atoms with Crippen LogP contribution in [0.5, 0.6) is 0 Å². The third-order valence-corrected chi connectivity index (χ3v) is 3.03. The number of thiophene rings is 1. The fraction of sp³-hybridized carbons (Fsp3) is 0. The Morgan fingerprint density at radius 2 is 1.26 bits per heavy atom. The highest BCUT2D eigenvalue weighted by Gasteiger charge is 2.15. The first-order valence-corrected chi connectivity index (χ1v) is 7.98. The largest absolute Gasteiger partial charge is 0.473 e. The minimum atomic E-state index is -5.12. The van der Waals surface area contributed by atoms with Gasteiger partial charge in [0.1, 0.15) is 0 Å². The highest BCUT2D eigenvalue weighted by atomic mass is 32.3. The number of hydrogen-bond acceptors (Lipinski definition) is 7. The summed E-state index contributed by atoms with van der Waals surface area (Å²) in [4.78, 5) is 0. The fourth-order valence-corrected chi connectivity index (χ4v) is 1.89. The average Bonchev–Trinajstić information content (AvgIpc) is 2.93. The van der Waals surface area contributed by atoms with Crippen molar-refractivity contribution in [1.29, 1.82) is 0 Å². The summed E-state index contributed by atoms with van der Waals surface area (Å²) in [6, 6.07) is 7.70. The van der Waals surface area contributed by atoms with E-state index in [9.17, 15) is 16.8 Å². The molecule has 19 heavy (non-hydrogen) atoms. The quantitative estimate of drug-likeness (QED) is 0.794. The molecule has 11 heteroatoms. The van der Waals surface area contributed by atoms with Gasteiger partial charge in [0.25, 0.3) is 0 Å². The van der Waals surface area contributed by atoms with Gasteiger partial charge in [-0.3, -0.25) is 9.11 Å². The fourth-order valence-electron chi connectivity index (χ4n) is 0.562. The first-order valence-electron chi connectivity index (χ1n) is 4.31. The van der Waals surface area contributed by atoms with E-state index in [1.165, 1.54) is 0 Å². The molecule has 0 unspecified atom stereocenters. The Morgan fingerprint density at radius 1 is 0.842 bits per heavy atom. The lowest BCUT2D eigenvalue weighted by molar-refractivity contribution is 0.344. The van der Waals surface area contributed by atoms with E-state index in [1.54, 1.807) is 23.9 Å². The predicted octanol–water partition coefficient (Wildman–Crippen LogP) is 1.64. The second kappa shape index (κ2) is 8.79. The summed E-state index contributed by atoms with van der Waals surface area (Å²) < 4.78 is 60.2. The molecule has 0 radical (unpaired) electrons. The molecule has 0 fully saturated rings. The SMILES string of the molecule is O=S(=O)(O)OS(=O)(=O)O.c1ccoc1.c1ccsc1. The van der Waals surface area contributed by atoms with Crippen molar-refractivity contribution in [3.8, 4) is 0 Å². The molecule has 8 nitrogen and oxygen atoms in total. The van der Waals surface area contributed by atoms with Crippen molar-refractivity contribution in [1.82, 2.24) is 0 Å². The molecule has 108 valence electrons. The molecule has 0 aliphatic carbocycles. The zero-order valence-electron chi connectivity index (χ0n) is 9.19. The van der Waals surface area contributed by atoms with Gasteiger partial charge in [-0.1, -0.05) is 12.1 Å². The lowest BCUT2D eigenvalue weighted by Gasteiger charge is -1.89. The third-order valence-electron chi connectivity index (χ3n) is 1.02. The van der Waals surface area contributed by atoms with Gasteiger partial charge in [-0.2, -0.15) is 28.2 Å². The van der Waals surface area contributed by atoms with E-state index in [1.807, 2.05) is 35.0 Å². The third kappa shape index (κ3) is 16.8. The van der Waals surface area contributed by atoms with Crippen LogP contribution >= 0.6 is 11.3 Å². The minimum Gasteiger partial charge on any atom is -0.473 e. The Hall–Kier alpha value is -1.24. The standard InChI is InChI=1S/C4H4O.C4H4S.H2O7S2/c2*1-2-4-5-3-1;1-8(2,3)7-9(4,5)6/h2*1-4H;(H,1,2,3)(H,4,5,6). The van der Waals surface area contributed by atoms with Crippen LogP contribution in [0.1, 0.15) is 0 Å². The Labute approximate surface area is 114 Å². The van der Waals surface area contributed by atoms with Crippen LogP contribution in [0.15, 0.2) is 52.0 Å². The normalized spacial score (nSPS) is 10.6. The molecule has 0 amide bonds. The molecule has 0 spiro atoms. The summed E-state index contributed by atoms with van der Waals surface area (Å²) in [6.07, 6.45) is 3.25. The molecule has 2 aromatic rings. The zero-order valence-corrected chi connectivity index (χ0v) is 11.6. The van der Waals surface area contributed by atoms with Crippen LogP contribution in [0.4, 0.5) is 0 Å². The summed E-state index contributed by atoms with van der Waals surface area (Å²) in [5.74, 6) is 0. The second-order valence-corrected chi connectivity index (χ2v) is 5.58. The first kappa shape index (κ1) is 17.8. The van der Waals surface area contributed by atoms with E-state index >= 15 is 0 Å².